The molecule has 1 atom stereocenters. The van der Waals surface area contributed by atoms with Gasteiger partial charge in [-0.2, -0.15) is 0 Å². The zero-order valence-corrected chi connectivity index (χ0v) is 9.82. The first-order valence-electron chi connectivity index (χ1n) is 5.44. The lowest BCUT2D eigenvalue weighted by Crippen LogP contribution is -2.16. The van der Waals surface area contributed by atoms with E-state index in [-0.39, 0.29) is 11.7 Å². The summed E-state index contributed by atoms with van der Waals surface area (Å²) in [7, 11) is 0. The molecule has 0 spiro atoms. The summed E-state index contributed by atoms with van der Waals surface area (Å²) >= 11 is 0. The van der Waals surface area contributed by atoms with Crippen LogP contribution in [0.25, 0.3) is 0 Å². The van der Waals surface area contributed by atoms with Gasteiger partial charge in [0.25, 0.3) is 0 Å². The highest BCUT2D eigenvalue weighted by Crippen LogP contribution is 2.10. The molecule has 5 nitrogen and oxygen atoms in total. The number of carbonyl (C=O) groups is 1. The molecule has 0 aliphatic heterocycles. The van der Waals surface area contributed by atoms with Gasteiger partial charge in [0.15, 0.2) is 5.69 Å². The monoisotopic (exact) mass is 223 g/mol. The topological polar surface area (TPSA) is 75.1 Å². The molecular weight excluding hydrogens is 206 g/mol. The summed E-state index contributed by atoms with van der Waals surface area (Å²) in [5, 5.41) is 12.0. The molecule has 1 heterocycles. The number of hydrogen-bond acceptors (Lipinski definition) is 4. The van der Waals surface area contributed by atoms with Gasteiger partial charge in [0, 0.05) is 18.5 Å². The highest BCUT2D eigenvalue weighted by molar-refractivity contribution is 5.86. The van der Waals surface area contributed by atoms with E-state index in [1.165, 1.54) is 6.07 Å². The number of anilines is 1. The van der Waals surface area contributed by atoms with Crippen LogP contribution in [0.4, 0.5) is 5.82 Å². The van der Waals surface area contributed by atoms with E-state index in [9.17, 15) is 4.79 Å². The van der Waals surface area contributed by atoms with E-state index in [0.29, 0.717) is 18.1 Å². The Morgan fingerprint density at radius 2 is 2.19 bits per heavy atom. The van der Waals surface area contributed by atoms with Crippen LogP contribution in [-0.2, 0) is 6.42 Å². The summed E-state index contributed by atoms with van der Waals surface area (Å²) < 4.78 is 0. The van der Waals surface area contributed by atoms with Gasteiger partial charge in [0.2, 0.25) is 0 Å². The second-order valence-corrected chi connectivity index (χ2v) is 3.67. The molecule has 0 aromatic carbocycles. The first-order valence-corrected chi connectivity index (χ1v) is 5.44. The number of aromatic nitrogens is 2. The van der Waals surface area contributed by atoms with Crippen molar-refractivity contribution in [3.05, 3.63) is 17.6 Å². The van der Waals surface area contributed by atoms with Crippen molar-refractivity contribution in [2.24, 2.45) is 0 Å². The predicted octanol–water partition coefficient (Wildman–Crippen LogP) is 1.95. The van der Waals surface area contributed by atoms with Gasteiger partial charge in [-0.25, -0.2) is 14.8 Å². The maximum atomic E-state index is 10.9. The van der Waals surface area contributed by atoms with E-state index >= 15 is 0 Å². The molecule has 1 rings (SSSR count). The molecule has 5 heteroatoms. The number of rotatable bonds is 5. The molecule has 0 bridgehead atoms. The Morgan fingerprint density at radius 3 is 2.69 bits per heavy atom. The molecule has 88 valence electrons. The fourth-order valence-corrected chi connectivity index (χ4v) is 1.19. The maximum absolute atomic E-state index is 10.9. The second-order valence-electron chi connectivity index (χ2n) is 3.67. The molecule has 0 amide bonds. The van der Waals surface area contributed by atoms with Gasteiger partial charge in [-0.3, -0.25) is 0 Å². The van der Waals surface area contributed by atoms with E-state index in [1.807, 2.05) is 13.8 Å². The van der Waals surface area contributed by atoms with E-state index in [1.54, 1.807) is 0 Å². The average Bonchev–Trinajstić information content (AvgIpc) is 2.28. The quantitative estimate of drug-likeness (QED) is 0.798. The molecule has 0 saturated carbocycles. The van der Waals surface area contributed by atoms with Gasteiger partial charge in [0.1, 0.15) is 11.6 Å². The van der Waals surface area contributed by atoms with Crippen LogP contribution in [0.1, 0.15) is 43.5 Å². The Balaban J connectivity index is 2.99. The number of aromatic carboxylic acids is 1. The number of carboxylic acid groups (broad SMARTS) is 1. The van der Waals surface area contributed by atoms with Crippen LogP contribution in [-0.4, -0.2) is 27.1 Å². The minimum Gasteiger partial charge on any atom is -0.477 e. The van der Waals surface area contributed by atoms with Crippen LogP contribution in [0.3, 0.4) is 0 Å². The van der Waals surface area contributed by atoms with Crippen LogP contribution in [0.15, 0.2) is 6.07 Å². The van der Waals surface area contributed by atoms with Crippen molar-refractivity contribution in [1.82, 2.24) is 9.97 Å². The first kappa shape index (κ1) is 12.4. The molecule has 0 aliphatic rings. The fraction of sp³-hybridized carbons (Fsp3) is 0.545. The van der Waals surface area contributed by atoms with E-state index in [2.05, 4.69) is 22.2 Å². The van der Waals surface area contributed by atoms with Gasteiger partial charge in [-0.1, -0.05) is 13.8 Å². The van der Waals surface area contributed by atoms with Crippen LogP contribution in [0.2, 0.25) is 0 Å². The van der Waals surface area contributed by atoms with Crippen molar-refractivity contribution < 1.29 is 9.90 Å². The first-order chi connectivity index (χ1) is 7.56. The average molecular weight is 223 g/mol. The number of hydrogen-bond donors (Lipinski definition) is 2. The van der Waals surface area contributed by atoms with E-state index < -0.39 is 5.97 Å². The molecule has 0 saturated heterocycles. The summed E-state index contributed by atoms with van der Waals surface area (Å²) in [4.78, 5) is 19.0. The summed E-state index contributed by atoms with van der Waals surface area (Å²) in [6.45, 7) is 5.97. The molecule has 1 aromatic rings. The zero-order valence-electron chi connectivity index (χ0n) is 9.82. The normalized spacial score (nSPS) is 12.2. The minimum absolute atomic E-state index is 0.0395. The minimum atomic E-state index is -1.02. The van der Waals surface area contributed by atoms with Crippen molar-refractivity contribution in [2.45, 2.75) is 39.7 Å². The van der Waals surface area contributed by atoms with Gasteiger partial charge in [-0.05, 0) is 13.3 Å². The standard InChI is InChI=1S/C11H17N3O2/c1-4-7(3)12-10-6-8(11(15)16)13-9(5-2)14-10/h6-7H,4-5H2,1-3H3,(H,15,16)(H,12,13,14). The van der Waals surface area contributed by atoms with Crippen molar-refractivity contribution in [3.63, 3.8) is 0 Å². The van der Waals surface area contributed by atoms with Gasteiger partial charge in [-0.15, -0.1) is 0 Å². The SMILES string of the molecule is CCc1nc(NC(C)CC)cc(C(=O)O)n1. The predicted molar refractivity (Wildman–Crippen MR) is 61.7 cm³/mol. The summed E-state index contributed by atoms with van der Waals surface area (Å²) in [5.41, 5.74) is 0.0395. The molecular formula is C11H17N3O2. The van der Waals surface area contributed by atoms with Crippen molar-refractivity contribution in [2.75, 3.05) is 5.32 Å². The number of nitrogens with one attached hydrogen (secondary N) is 1. The second kappa shape index (κ2) is 5.44. The fourth-order valence-electron chi connectivity index (χ4n) is 1.19. The van der Waals surface area contributed by atoms with Gasteiger partial charge < -0.3 is 10.4 Å². The number of nitrogens with zero attached hydrogens (tertiary/aromatic N) is 2. The molecule has 2 N–H and O–H groups in total. The lowest BCUT2D eigenvalue weighted by molar-refractivity contribution is 0.0690. The Kier molecular flexibility index (Phi) is 4.22. The van der Waals surface area contributed by atoms with Crippen LogP contribution < -0.4 is 5.32 Å². The number of aryl methyl sites for hydroxylation is 1. The smallest absolute Gasteiger partial charge is 0.354 e. The molecule has 16 heavy (non-hydrogen) atoms. The van der Waals surface area contributed by atoms with Crippen molar-refractivity contribution >= 4 is 11.8 Å². The molecule has 0 fully saturated rings. The van der Waals surface area contributed by atoms with Crippen molar-refractivity contribution in [1.29, 1.82) is 0 Å². The Bertz CT molecular complexity index is 379. The highest BCUT2D eigenvalue weighted by Gasteiger charge is 2.10. The summed E-state index contributed by atoms with van der Waals surface area (Å²) in [5.74, 6) is 0.105. The molecule has 1 unspecified atom stereocenters. The molecule has 1 aromatic heterocycles. The Labute approximate surface area is 94.9 Å². The van der Waals surface area contributed by atoms with E-state index in [4.69, 9.17) is 5.11 Å². The highest BCUT2D eigenvalue weighted by atomic mass is 16.4. The molecule has 0 aliphatic carbocycles. The Hall–Kier alpha value is -1.65. The summed E-state index contributed by atoms with van der Waals surface area (Å²) in [6.07, 6.45) is 1.57. The third kappa shape index (κ3) is 3.18. The maximum Gasteiger partial charge on any atom is 0.354 e. The largest absolute Gasteiger partial charge is 0.477 e. The third-order valence-corrected chi connectivity index (χ3v) is 2.31. The van der Waals surface area contributed by atoms with Crippen LogP contribution >= 0.6 is 0 Å². The number of carboxylic acids is 1. The van der Waals surface area contributed by atoms with Crippen LogP contribution in [0, 0.1) is 0 Å². The van der Waals surface area contributed by atoms with Crippen molar-refractivity contribution in [3.8, 4) is 0 Å². The van der Waals surface area contributed by atoms with Crippen LogP contribution in [0.5, 0.6) is 0 Å². The van der Waals surface area contributed by atoms with E-state index in [0.717, 1.165) is 6.42 Å². The summed E-state index contributed by atoms with van der Waals surface area (Å²) in [6, 6.07) is 1.73. The zero-order chi connectivity index (χ0) is 12.1. The lowest BCUT2D eigenvalue weighted by Gasteiger charge is -2.12. The Morgan fingerprint density at radius 1 is 1.50 bits per heavy atom. The van der Waals surface area contributed by atoms with Gasteiger partial charge >= 0.3 is 5.97 Å². The third-order valence-electron chi connectivity index (χ3n) is 2.31. The lowest BCUT2D eigenvalue weighted by atomic mass is 10.2. The van der Waals surface area contributed by atoms with Gasteiger partial charge in [0.05, 0.1) is 0 Å². The molecule has 0 radical (unpaired) electrons.